The predicted octanol–water partition coefficient (Wildman–Crippen LogP) is 3.09. The number of aryl methyl sites for hydroxylation is 1. The molecule has 78 valence electrons. The molecule has 0 N–H and O–H groups in total. The Bertz CT molecular complexity index is 352. The van der Waals surface area contributed by atoms with Crippen LogP contribution in [0.4, 0.5) is 0 Å². The SMILES string of the molecule is CC.CC.Cc1cnc2ccnn2c1. The van der Waals surface area contributed by atoms with Gasteiger partial charge in [-0.2, -0.15) is 5.10 Å². The van der Waals surface area contributed by atoms with E-state index in [1.165, 1.54) is 0 Å². The van der Waals surface area contributed by atoms with Crippen LogP contribution in [-0.4, -0.2) is 14.6 Å². The largest absolute Gasteiger partial charge is 0.237 e. The molecule has 2 aromatic rings. The van der Waals surface area contributed by atoms with E-state index in [2.05, 4.69) is 10.1 Å². The molecule has 0 aliphatic carbocycles. The first-order valence-corrected chi connectivity index (χ1v) is 5.12. The third-order valence-corrected chi connectivity index (χ3v) is 1.38. The second-order valence-electron chi connectivity index (χ2n) is 2.27. The number of nitrogens with zero attached hydrogens (tertiary/aromatic N) is 3. The zero-order chi connectivity index (χ0) is 11.0. The van der Waals surface area contributed by atoms with E-state index in [0.29, 0.717) is 0 Å². The number of hydrogen-bond acceptors (Lipinski definition) is 2. The van der Waals surface area contributed by atoms with Crippen LogP contribution in [0, 0.1) is 6.92 Å². The lowest BCUT2D eigenvalue weighted by molar-refractivity contribution is 0.928. The van der Waals surface area contributed by atoms with Crippen molar-refractivity contribution in [3.05, 3.63) is 30.2 Å². The summed E-state index contributed by atoms with van der Waals surface area (Å²) in [5.41, 5.74) is 2.02. The summed E-state index contributed by atoms with van der Waals surface area (Å²) in [5.74, 6) is 0. The van der Waals surface area contributed by atoms with Crippen LogP contribution in [0.2, 0.25) is 0 Å². The molecule has 14 heavy (non-hydrogen) atoms. The Morgan fingerprint density at radius 1 is 1.14 bits per heavy atom. The molecule has 0 aromatic carbocycles. The van der Waals surface area contributed by atoms with Crippen molar-refractivity contribution in [1.29, 1.82) is 0 Å². The molecule has 2 aromatic heterocycles. The van der Waals surface area contributed by atoms with Crippen LogP contribution in [0.1, 0.15) is 33.3 Å². The predicted molar refractivity (Wildman–Crippen MR) is 60.4 cm³/mol. The van der Waals surface area contributed by atoms with Gasteiger partial charge in [0.05, 0.1) is 6.20 Å². The first-order chi connectivity index (χ1) is 6.86. The Kier molecular flexibility index (Phi) is 6.37. The highest BCUT2D eigenvalue weighted by Gasteiger charge is 1.91. The monoisotopic (exact) mass is 193 g/mol. The fourth-order valence-corrected chi connectivity index (χ4v) is 0.903. The summed E-state index contributed by atoms with van der Waals surface area (Å²) in [6.07, 6.45) is 5.52. The topological polar surface area (TPSA) is 30.2 Å². The van der Waals surface area contributed by atoms with Gasteiger partial charge in [-0.05, 0) is 12.5 Å². The summed E-state index contributed by atoms with van der Waals surface area (Å²) >= 11 is 0. The zero-order valence-corrected chi connectivity index (χ0v) is 9.65. The molecule has 0 spiro atoms. The fourth-order valence-electron chi connectivity index (χ4n) is 0.903. The maximum Gasteiger partial charge on any atom is 0.154 e. The minimum absolute atomic E-state index is 0.894. The second kappa shape index (κ2) is 7.06. The average Bonchev–Trinajstić information content (AvgIpc) is 2.71. The lowest BCUT2D eigenvalue weighted by Gasteiger charge is -1.91. The van der Waals surface area contributed by atoms with Gasteiger partial charge < -0.3 is 0 Å². The van der Waals surface area contributed by atoms with Crippen LogP contribution in [-0.2, 0) is 0 Å². The van der Waals surface area contributed by atoms with Gasteiger partial charge in [0.1, 0.15) is 0 Å². The molecular weight excluding hydrogens is 174 g/mol. The molecule has 0 saturated carbocycles. The van der Waals surface area contributed by atoms with Gasteiger partial charge in [-0.1, -0.05) is 27.7 Å². The van der Waals surface area contributed by atoms with Crippen LogP contribution in [0.3, 0.4) is 0 Å². The van der Waals surface area contributed by atoms with Crippen molar-refractivity contribution in [2.24, 2.45) is 0 Å². The van der Waals surface area contributed by atoms with E-state index in [1.54, 1.807) is 10.7 Å². The zero-order valence-electron chi connectivity index (χ0n) is 9.65. The molecule has 3 nitrogen and oxygen atoms in total. The standard InChI is InChI=1S/C7H7N3.2C2H6/c1-6-4-8-7-2-3-9-10(7)5-6;2*1-2/h2-5H,1H3;2*1-2H3. The van der Waals surface area contributed by atoms with Crippen molar-refractivity contribution in [2.45, 2.75) is 34.6 Å². The lowest BCUT2D eigenvalue weighted by atomic mass is 10.4. The summed E-state index contributed by atoms with van der Waals surface area (Å²) in [5, 5.41) is 4.03. The summed E-state index contributed by atoms with van der Waals surface area (Å²) < 4.78 is 1.76. The summed E-state index contributed by atoms with van der Waals surface area (Å²) in [4.78, 5) is 4.14. The van der Waals surface area contributed by atoms with Crippen molar-refractivity contribution in [1.82, 2.24) is 14.6 Å². The molecule has 0 amide bonds. The summed E-state index contributed by atoms with van der Waals surface area (Å²) in [6.45, 7) is 9.99. The van der Waals surface area contributed by atoms with Gasteiger partial charge in [-0.25, -0.2) is 9.50 Å². The van der Waals surface area contributed by atoms with Gasteiger partial charge in [0.2, 0.25) is 0 Å². The van der Waals surface area contributed by atoms with Gasteiger partial charge in [0, 0.05) is 18.5 Å². The highest BCUT2D eigenvalue weighted by atomic mass is 15.2. The highest BCUT2D eigenvalue weighted by Crippen LogP contribution is 1.98. The molecule has 3 heteroatoms. The Morgan fingerprint density at radius 3 is 2.43 bits per heavy atom. The van der Waals surface area contributed by atoms with E-state index in [9.17, 15) is 0 Å². The third kappa shape index (κ3) is 3.17. The minimum atomic E-state index is 0.894. The fraction of sp³-hybridized carbons (Fsp3) is 0.455. The number of fused-ring (bicyclic) bond motifs is 1. The Balaban J connectivity index is 0.000000379. The maximum atomic E-state index is 4.14. The summed E-state index contributed by atoms with van der Waals surface area (Å²) in [6, 6.07) is 1.87. The Morgan fingerprint density at radius 2 is 1.79 bits per heavy atom. The van der Waals surface area contributed by atoms with Gasteiger partial charge in [0.15, 0.2) is 5.65 Å². The van der Waals surface area contributed by atoms with Crippen molar-refractivity contribution >= 4 is 5.65 Å². The van der Waals surface area contributed by atoms with Crippen LogP contribution in [0.15, 0.2) is 24.7 Å². The van der Waals surface area contributed by atoms with Crippen molar-refractivity contribution < 1.29 is 0 Å². The van der Waals surface area contributed by atoms with E-state index in [1.807, 2.05) is 53.1 Å². The third-order valence-electron chi connectivity index (χ3n) is 1.38. The van der Waals surface area contributed by atoms with Crippen LogP contribution >= 0.6 is 0 Å². The van der Waals surface area contributed by atoms with E-state index >= 15 is 0 Å². The molecule has 0 aliphatic rings. The normalized spacial score (nSPS) is 8.36. The quantitative estimate of drug-likeness (QED) is 0.643. The molecule has 0 saturated heterocycles. The van der Waals surface area contributed by atoms with E-state index in [0.717, 1.165) is 11.2 Å². The van der Waals surface area contributed by atoms with Gasteiger partial charge in [-0.3, -0.25) is 0 Å². The first kappa shape index (κ1) is 12.6. The molecular formula is C11H19N3. The van der Waals surface area contributed by atoms with Gasteiger partial charge in [-0.15, -0.1) is 0 Å². The minimum Gasteiger partial charge on any atom is -0.237 e. The number of hydrogen-bond donors (Lipinski definition) is 0. The van der Waals surface area contributed by atoms with E-state index in [-0.39, 0.29) is 0 Å². The van der Waals surface area contributed by atoms with Crippen molar-refractivity contribution in [3.8, 4) is 0 Å². The van der Waals surface area contributed by atoms with Crippen LogP contribution < -0.4 is 0 Å². The molecule has 2 heterocycles. The molecule has 0 bridgehead atoms. The second-order valence-corrected chi connectivity index (χ2v) is 2.27. The van der Waals surface area contributed by atoms with Crippen molar-refractivity contribution in [2.75, 3.05) is 0 Å². The average molecular weight is 193 g/mol. The van der Waals surface area contributed by atoms with Crippen LogP contribution in [0.25, 0.3) is 5.65 Å². The number of aromatic nitrogens is 3. The molecule has 0 unspecified atom stereocenters. The molecule has 0 atom stereocenters. The molecule has 0 aliphatic heterocycles. The summed E-state index contributed by atoms with van der Waals surface area (Å²) in [7, 11) is 0. The van der Waals surface area contributed by atoms with Crippen molar-refractivity contribution in [3.63, 3.8) is 0 Å². The lowest BCUT2D eigenvalue weighted by Crippen LogP contribution is -1.89. The molecule has 2 rings (SSSR count). The van der Waals surface area contributed by atoms with Gasteiger partial charge in [0.25, 0.3) is 0 Å². The van der Waals surface area contributed by atoms with Crippen LogP contribution in [0.5, 0.6) is 0 Å². The van der Waals surface area contributed by atoms with E-state index in [4.69, 9.17) is 0 Å². The molecule has 0 radical (unpaired) electrons. The molecule has 0 fully saturated rings. The first-order valence-electron chi connectivity index (χ1n) is 5.12. The maximum absolute atomic E-state index is 4.14. The van der Waals surface area contributed by atoms with Gasteiger partial charge >= 0.3 is 0 Å². The smallest absolute Gasteiger partial charge is 0.154 e. The number of rotatable bonds is 0. The Labute approximate surface area is 85.8 Å². The Hall–Kier alpha value is -1.38. The van der Waals surface area contributed by atoms with E-state index < -0.39 is 0 Å². The highest BCUT2D eigenvalue weighted by molar-refractivity contribution is 5.35.